The summed E-state index contributed by atoms with van der Waals surface area (Å²) >= 11 is 6.43. The molecule has 10 heteroatoms. The van der Waals surface area contributed by atoms with Gasteiger partial charge in [-0.15, -0.1) is 0 Å². The first-order valence-electron chi connectivity index (χ1n) is 10.6. The van der Waals surface area contributed by atoms with Gasteiger partial charge in [0.2, 0.25) is 11.7 Å². The van der Waals surface area contributed by atoms with Gasteiger partial charge in [0, 0.05) is 19.3 Å². The summed E-state index contributed by atoms with van der Waals surface area (Å²) in [7, 11) is 0. The third-order valence-corrected chi connectivity index (χ3v) is 6.18. The third kappa shape index (κ3) is 3.32. The highest BCUT2D eigenvalue weighted by molar-refractivity contribution is 6.32. The minimum atomic E-state index is -0.509. The summed E-state index contributed by atoms with van der Waals surface area (Å²) < 4.78 is 22.7. The summed E-state index contributed by atoms with van der Waals surface area (Å²) in [4.78, 5) is 27.3. The van der Waals surface area contributed by atoms with E-state index in [-0.39, 0.29) is 11.4 Å². The number of fused-ring (bicyclic) bond motifs is 5. The Labute approximate surface area is 191 Å². The first-order valence-corrected chi connectivity index (χ1v) is 11.0. The highest BCUT2D eigenvalue weighted by atomic mass is 35.5. The Balaban J connectivity index is 1.66. The lowest BCUT2D eigenvalue weighted by molar-refractivity contribution is 0.0903. The second kappa shape index (κ2) is 7.79. The molecule has 1 saturated heterocycles. The van der Waals surface area contributed by atoms with Crippen LogP contribution in [0.4, 0.5) is 10.3 Å². The molecule has 1 aliphatic heterocycles. The number of benzene rings is 2. The van der Waals surface area contributed by atoms with Crippen LogP contribution in [0.3, 0.4) is 0 Å². The molecule has 166 valence electrons. The van der Waals surface area contributed by atoms with Crippen LogP contribution in [0.25, 0.3) is 33.5 Å². The van der Waals surface area contributed by atoms with Gasteiger partial charge in [0.15, 0.2) is 5.65 Å². The van der Waals surface area contributed by atoms with E-state index in [4.69, 9.17) is 21.3 Å². The molecule has 8 nitrogen and oxygen atoms in total. The Morgan fingerprint density at radius 2 is 1.94 bits per heavy atom. The Morgan fingerprint density at radius 3 is 2.76 bits per heavy atom. The van der Waals surface area contributed by atoms with Crippen molar-refractivity contribution in [3.05, 3.63) is 69.9 Å². The second-order valence-electron chi connectivity index (χ2n) is 7.93. The fourth-order valence-corrected chi connectivity index (χ4v) is 4.48. The Morgan fingerprint density at radius 1 is 1.12 bits per heavy atom. The number of hydrogen-bond acceptors (Lipinski definition) is 6. The molecular weight excluding hydrogens is 447 g/mol. The number of rotatable bonds is 3. The number of anilines is 1. The number of halogens is 2. The van der Waals surface area contributed by atoms with Crippen LogP contribution in [0.15, 0.2) is 53.5 Å². The number of nitrogens with zero attached hydrogens (tertiary/aromatic N) is 5. The van der Waals surface area contributed by atoms with Gasteiger partial charge in [-0.2, -0.15) is 4.98 Å². The summed E-state index contributed by atoms with van der Waals surface area (Å²) in [6.45, 7) is 1.38. The predicted octanol–water partition coefficient (Wildman–Crippen LogP) is 3.97. The van der Waals surface area contributed by atoms with Crippen molar-refractivity contribution in [1.82, 2.24) is 23.9 Å². The molecule has 0 unspecified atom stereocenters. The number of ether oxygens (including phenoxy) is 1. The fraction of sp³-hybridized carbons (Fsp3) is 0.217. The van der Waals surface area contributed by atoms with Crippen molar-refractivity contribution < 1.29 is 9.13 Å². The zero-order valence-electron chi connectivity index (χ0n) is 17.3. The molecule has 1 aliphatic rings. The molecule has 3 aromatic heterocycles. The first-order chi connectivity index (χ1) is 16.1. The van der Waals surface area contributed by atoms with Crippen LogP contribution in [-0.2, 0) is 4.74 Å². The maximum Gasteiger partial charge on any atom is 0.267 e. The molecule has 0 atom stereocenters. The molecule has 4 heterocycles. The molecule has 6 rings (SSSR count). The second-order valence-corrected chi connectivity index (χ2v) is 8.34. The van der Waals surface area contributed by atoms with Crippen molar-refractivity contribution in [3.8, 4) is 5.69 Å². The van der Waals surface area contributed by atoms with Crippen LogP contribution in [0.2, 0.25) is 5.02 Å². The van der Waals surface area contributed by atoms with Gasteiger partial charge >= 0.3 is 0 Å². The minimum absolute atomic E-state index is 0.194. The maximum absolute atomic E-state index is 14.1. The maximum atomic E-state index is 14.1. The summed E-state index contributed by atoms with van der Waals surface area (Å²) in [5, 5.41) is 3.92. The van der Waals surface area contributed by atoms with E-state index in [1.54, 1.807) is 40.9 Å². The van der Waals surface area contributed by atoms with E-state index in [0.29, 0.717) is 52.3 Å². The number of hydrogen-bond donors (Lipinski definition) is 1. The molecule has 1 N–H and O–H groups in total. The normalized spacial score (nSPS) is 15.0. The van der Waals surface area contributed by atoms with Gasteiger partial charge in [-0.05, 0) is 43.2 Å². The molecule has 0 spiro atoms. The lowest BCUT2D eigenvalue weighted by Crippen LogP contribution is -2.28. The topological polar surface area (TPSA) is 86.3 Å². The Hall–Kier alpha value is -3.56. The molecule has 5 aromatic rings. The summed E-state index contributed by atoms with van der Waals surface area (Å²) in [5.74, 6) is 0.271. The van der Waals surface area contributed by atoms with Gasteiger partial charge in [0.1, 0.15) is 11.3 Å². The fourth-order valence-electron chi connectivity index (χ4n) is 4.26. The van der Waals surface area contributed by atoms with Gasteiger partial charge in [-0.3, -0.25) is 9.20 Å². The number of aromatic nitrogens is 5. The zero-order chi connectivity index (χ0) is 22.5. The van der Waals surface area contributed by atoms with Crippen LogP contribution in [0.5, 0.6) is 0 Å². The molecule has 0 amide bonds. The predicted molar refractivity (Wildman–Crippen MR) is 124 cm³/mol. The third-order valence-electron chi connectivity index (χ3n) is 5.86. The summed E-state index contributed by atoms with van der Waals surface area (Å²) in [5.41, 5.74) is 1.53. The molecule has 0 radical (unpaired) electrons. The smallest absolute Gasteiger partial charge is 0.267 e. The van der Waals surface area contributed by atoms with E-state index in [0.717, 1.165) is 12.8 Å². The number of imidazole rings is 1. The van der Waals surface area contributed by atoms with Crippen molar-refractivity contribution in [1.29, 1.82) is 0 Å². The van der Waals surface area contributed by atoms with Crippen molar-refractivity contribution in [2.24, 2.45) is 0 Å². The van der Waals surface area contributed by atoms with E-state index >= 15 is 0 Å². The largest absolute Gasteiger partial charge is 0.381 e. The SMILES string of the molecule is O=c1c2cc(F)ccc2n2c3nc(NC4CCOCC4)ncc3nc2n1-c1ccccc1Cl. The van der Waals surface area contributed by atoms with E-state index in [2.05, 4.69) is 15.3 Å². The van der Waals surface area contributed by atoms with Gasteiger partial charge in [-0.1, -0.05) is 23.7 Å². The van der Waals surface area contributed by atoms with Crippen LogP contribution >= 0.6 is 11.6 Å². The number of para-hydroxylation sites is 1. The molecule has 0 aliphatic carbocycles. The molecule has 0 saturated carbocycles. The van der Waals surface area contributed by atoms with E-state index in [1.165, 1.54) is 16.7 Å². The van der Waals surface area contributed by atoms with Crippen LogP contribution in [0.1, 0.15) is 12.8 Å². The zero-order valence-corrected chi connectivity index (χ0v) is 18.1. The van der Waals surface area contributed by atoms with Gasteiger partial charge in [0.05, 0.1) is 27.8 Å². The lowest BCUT2D eigenvalue weighted by atomic mass is 10.1. The molecule has 1 fully saturated rings. The average molecular weight is 465 g/mol. The van der Waals surface area contributed by atoms with E-state index in [9.17, 15) is 9.18 Å². The number of nitrogens with one attached hydrogen (secondary N) is 1. The summed E-state index contributed by atoms with van der Waals surface area (Å²) in [6.07, 6.45) is 3.35. The summed E-state index contributed by atoms with van der Waals surface area (Å²) in [6, 6.07) is 11.3. The molecular formula is C23H18ClFN6O2. The van der Waals surface area contributed by atoms with Crippen molar-refractivity contribution >= 4 is 45.4 Å². The lowest BCUT2D eigenvalue weighted by Gasteiger charge is -2.22. The Bertz CT molecular complexity index is 1590. The highest BCUT2D eigenvalue weighted by Gasteiger charge is 2.21. The van der Waals surface area contributed by atoms with Crippen molar-refractivity contribution in [3.63, 3.8) is 0 Å². The van der Waals surface area contributed by atoms with Crippen molar-refractivity contribution in [2.45, 2.75) is 18.9 Å². The van der Waals surface area contributed by atoms with Crippen LogP contribution in [-0.4, -0.2) is 43.2 Å². The molecule has 2 aromatic carbocycles. The van der Waals surface area contributed by atoms with E-state index < -0.39 is 11.4 Å². The van der Waals surface area contributed by atoms with Crippen LogP contribution in [0, 0.1) is 5.82 Å². The van der Waals surface area contributed by atoms with Gasteiger partial charge < -0.3 is 10.1 Å². The monoisotopic (exact) mass is 464 g/mol. The van der Waals surface area contributed by atoms with Gasteiger partial charge in [-0.25, -0.2) is 18.9 Å². The Kier molecular flexibility index (Phi) is 4.74. The molecule has 0 bridgehead atoms. The standard InChI is InChI=1S/C23H18ClFN6O2/c24-16-3-1-2-4-19(16)31-21(32)15-11-13(25)5-6-18(15)30-20-17(28-23(30)31)12-26-22(29-20)27-14-7-9-33-10-8-14/h1-6,11-12,14H,7-10H2,(H,26,27,29). The quantitative estimate of drug-likeness (QED) is 0.435. The minimum Gasteiger partial charge on any atom is -0.381 e. The van der Waals surface area contributed by atoms with Gasteiger partial charge in [0.25, 0.3) is 5.56 Å². The average Bonchev–Trinajstić information content (AvgIpc) is 3.19. The molecule has 33 heavy (non-hydrogen) atoms. The first kappa shape index (κ1) is 20.1. The highest BCUT2D eigenvalue weighted by Crippen LogP contribution is 2.26. The van der Waals surface area contributed by atoms with E-state index in [1.807, 2.05) is 0 Å². The van der Waals surface area contributed by atoms with Crippen LogP contribution < -0.4 is 10.9 Å². The van der Waals surface area contributed by atoms with Crippen molar-refractivity contribution in [2.75, 3.05) is 18.5 Å².